The highest BCUT2D eigenvalue weighted by Crippen LogP contribution is 2.40. The van der Waals surface area contributed by atoms with Gasteiger partial charge in [0.25, 0.3) is 0 Å². The number of carbonyl (C=O) groups excluding carboxylic acids is 1. The summed E-state index contributed by atoms with van der Waals surface area (Å²) in [6.07, 6.45) is 13.0. The maximum atomic E-state index is 13.3. The summed E-state index contributed by atoms with van der Waals surface area (Å²) in [7, 11) is 0. The highest BCUT2D eigenvalue weighted by atomic mass is 16.5. The summed E-state index contributed by atoms with van der Waals surface area (Å²) in [4.78, 5) is 19.9. The van der Waals surface area contributed by atoms with Crippen molar-refractivity contribution in [1.82, 2.24) is 15.2 Å². The molecule has 1 aromatic heterocycles. The number of nitrogens with zero attached hydrogens (tertiary/aromatic N) is 2. The summed E-state index contributed by atoms with van der Waals surface area (Å²) in [6.45, 7) is 3.76. The molecule has 1 aliphatic carbocycles. The van der Waals surface area contributed by atoms with Crippen molar-refractivity contribution in [3.05, 3.63) is 66.0 Å². The van der Waals surface area contributed by atoms with Crippen molar-refractivity contribution in [1.29, 1.82) is 0 Å². The number of rotatable bonds is 7. The highest BCUT2D eigenvalue weighted by Gasteiger charge is 2.42. The smallest absolute Gasteiger partial charge is 0.227 e. The van der Waals surface area contributed by atoms with E-state index in [0.717, 1.165) is 63.7 Å². The van der Waals surface area contributed by atoms with Gasteiger partial charge in [0.15, 0.2) is 0 Å². The number of likely N-dealkylation sites (tertiary alicyclic amines) is 1. The van der Waals surface area contributed by atoms with Gasteiger partial charge < -0.3 is 10.1 Å². The molecule has 5 rings (SSSR count). The Labute approximate surface area is 197 Å². The fourth-order valence-electron chi connectivity index (χ4n) is 6.19. The minimum absolute atomic E-state index is 0.00835. The van der Waals surface area contributed by atoms with Gasteiger partial charge >= 0.3 is 0 Å². The van der Waals surface area contributed by atoms with Crippen LogP contribution in [-0.2, 0) is 16.1 Å². The molecule has 1 N–H and O–H groups in total. The van der Waals surface area contributed by atoms with Gasteiger partial charge in [-0.15, -0.1) is 0 Å². The molecule has 2 aromatic rings. The molecule has 3 aliphatic rings. The normalized spacial score (nSPS) is 24.2. The first-order valence-electron chi connectivity index (χ1n) is 12.8. The third kappa shape index (κ3) is 5.47. The Morgan fingerprint density at radius 1 is 1.03 bits per heavy atom. The molecule has 33 heavy (non-hydrogen) atoms. The zero-order valence-electron chi connectivity index (χ0n) is 19.6. The van der Waals surface area contributed by atoms with E-state index in [1.165, 1.54) is 18.4 Å². The fourth-order valence-corrected chi connectivity index (χ4v) is 6.19. The van der Waals surface area contributed by atoms with Crippen LogP contribution in [0.1, 0.15) is 68.4 Å². The Balaban J connectivity index is 1.12. The maximum absolute atomic E-state index is 13.3. The first-order chi connectivity index (χ1) is 16.2. The molecule has 176 valence electrons. The molecule has 2 unspecified atom stereocenters. The Bertz CT molecular complexity index is 890. The lowest BCUT2D eigenvalue weighted by Crippen LogP contribution is -2.45. The van der Waals surface area contributed by atoms with Gasteiger partial charge in [-0.25, -0.2) is 0 Å². The molecule has 3 fully saturated rings. The van der Waals surface area contributed by atoms with Crippen molar-refractivity contribution in [3.63, 3.8) is 0 Å². The lowest BCUT2D eigenvalue weighted by molar-refractivity contribution is -0.125. The van der Waals surface area contributed by atoms with Crippen LogP contribution in [0, 0.1) is 5.92 Å². The SMILES string of the molecule is O=C(NCC1CCC2(CCN(Cc3ccncc3)CC2)O1)C(c1ccccc1)C1CCCC1. The van der Waals surface area contributed by atoms with Crippen LogP contribution in [0.3, 0.4) is 0 Å². The molecule has 2 atom stereocenters. The molecule has 2 aliphatic heterocycles. The van der Waals surface area contributed by atoms with E-state index in [0.29, 0.717) is 12.5 Å². The monoisotopic (exact) mass is 447 g/mol. The van der Waals surface area contributed by atoms with Crippen LogP contribution in [0.4, 0.5) is 0 Å². The summed E-state index contributed by atoms with van der Waals surface area (Å²) in [5.74, 6) is 0.623. The molecule has 2 saturated heterocycles. The largest absolute Gasteiger partial charge is 0.370 e. The number of hydrogen-bond acceptors (Lipinski definition) is 4. The molecule has 0 bridgehead atoms. The average Bonchev–Trinajstić information content (AvgIpc) is 3.52. The van der Waals surface area contributed by atoms with E-state index in [-0.39, 0.29) is 23.5 Å². The molecule has 5 nitrogen and oxygen atoms in total. The number of benzene rings is 1. The summed E-state index contributed by atoms with van der Waals surface area (Å²) >= 11 is 0. The van der Waals surface area contributed by atoms with E-state index in [1.807, 2.05) is 18.5 Å². The number of hydrogen-bond donors (Lipinski definition) is 1. The van der Waals surface area contributed by atoms with Crippen LogP contribution in [0.2, 0.25) is 0 Å². The molecule has 1 amide bonds. The van der Waals surface area contributed by atoms with Crippen LogP contribution in [0.15, 0.2) is 54.9 Å². The van der Waals surface area contributed by atoms with Gasteiger partial charge in [0.1, 0.15) is 0 Å². The second kappa shape index (κ2) is 10.4. The van der Waals surface area contributed by atoms with Crippen molar-refractivity contribution in [2.75, 3.05) is 19.6 Å². The van der Waals surface area contributed by atoms with Gasteiger partial charge in [0.05, 0.1) is 17.6 Å². The Morgan fingerprint density at radius 2 is 1.76 bits per heavy atom. The lowest BCUT2D eigenvalue weighted by atomic mass is 9.84. The van der Waals surface area contributed by atoms with Gasteiger partial charge in [-0.05, 0) is 67.7 Å². The van der Waals surface area contributed by atoms with E-state index in [4.69, 9.17) is 4.74 Å². The lowest BCUT2D eigenvalue weighted by Gasteiger charge is -2.39. The summed E-state index contributed by atoms with van der Waals surface area (Å²) in [5.41, 5.74) is 2.49. The van der Waals surface area contributed by atoms with E-state index in [1.54, 1.807) is 0 Å². The van der Waals surface area contributed by atoms with Gasteiger partial charge in [0, 0.05) is 38.6 Å². The number of ether oxygens (including phenoxy) is 1. The minimum Gasteiger partial charge on any atom is -0.370 e. The molecular weight excluding hydrogens is 410 g/mol. The van der Waals surface area contributed by atoms with Crippen LogP contribution in [0.5, 0.6) is 0 Å². The molecule has 1 saturated carbocycles. The standard InChI is InChI=1S/C28H37N3O2/c32-27(26(24-8-4-5-9-24)23-6-2-1-3-7-23)30-20-25-10-13-28(33-25)14-18-31(19-15-28)21-22-11-16-29-17-12-22/h1-3,6-7,11-12,16-17,24-26H,4-5,8-10,13-15,18-21H2,(H,30,32). The van der Waals surface area contributed by atoms with Gasteiger partial charge in [-0.3, -0.25) is 14.7 Å². The third-order valence-electron chi connectivity index (χ3n) is 8.08. The number of aromatic nitrogens is 1. The summed E-state index contributed by atoms with van der Waals surface area (Å²) in [6, 6.07) is 14.6. The fraction of sp³-hybridized carbons (Fsp3) is 0.571. The van der Waals surface area contributed by atoms with Crippen molar-refractivity contribution in [2.24, 2.45) is 5.92 Å². The van der Waals surface area contributed by atoms with Crippen molar-refractivity contribution in [3.8, 4) is 0 Å². The van der Waals surface area contributed by atoms with Crippen LogP contribution < -0.4 is 5.32 Å². The Hall–Kier alpha value is -2.24. The molecule has 1 spiro atoms. The molecule has 5 heteroatoms. The van der Waals surface area contributed by atoms with Gasteiger partial charge in [-0.1, -0.05) is 43.2 Å². The van der Waals surface area contributed by atoms with Crippen LogP contribution in [0.25, 0.3) is 0 Å². The number of piperidine rings is 1. The van der Waals surface area contributed by atoms with E-state index in [2.05, 4.69) is 51.6 Å². The summed E-state index contributed by atoms with van der Waals surface area (Å²) < 4.78 is 6.60. The van der Waals surface area contributed by atoms with Crippen LogP contribution >= 0.6 is 0 Å². The first kappa shape index (κ1) is 22.5. The number of pyridine rings is 1. The molecule has 3 heterocycles. The number of amides is 1. The summed E-state index contributed by atoms with van der Waals surface area (Å²) in [5, 5.41) is 3.28. The predicted molar refractivity (Wildman–Crippen MR) is 130 cm³/mol. The van der Waals surface area contributed by atoms with Crippen molar-refractivity contribution in [2.45, 2.75) is 75.5 Å². The maximum Gasteiger partial charge on any atom is 0.227 e. The van der Waals surface area contributed by atoms with Crippen molar-refractivity contribution < 1.29 is 9.53 Å². The topological polar surface area (TPSA) is 54.5 Å². The number of carbonyl (C=O) groups is 1. The molecule has 0 radical (unpaired) electrons. The van der Waals surface area contributed by atoms with Gasteiger partial charge in [-0.2, -0.15) is 0 Å². The quantitative estimate of drug-likeness (QED) is 0.669. The van der Waals surface area contributed by atoms with Crippen molar-refractivity contribution >= 4 is 5.91 Å². The second-order valence-electron chi connectivity index (χ2n) is 10.3. The van der Waals surface area contributed by atoms with Crippen LogP contribution in [-0.4, -0.2) is 47.1 Å². The molecular formula is C28H37N3O2. The van der Waals surface area contributed by atoms with E-state index >= 15 is 0 Å². The van der Waals surface area contributed by atoms with E-state index in [9.17, 15) is 4.79 Å². The first-order valence-corrected chi connectivity index (χ1v) is 12.8. The Morgan fingerprint density at radius 3 is 2.48 bits per heavy atom. The third-order valence-corrected chi connectivity index (χ3v) is 8.08. The molecule has 1 aromatic carbocycles. The zero-order chi connectivity index (χ0) is 22.5. The van der Waals surface area contributed by atoms with E-state index < -0.39 is 0 Å². The second-order valence-corrected chi connectivity index (χ2v) is 10.3. The highest BCUT2D eigenvalue weighted by molar-refractivity contribution is 5.84. The zero-order valence-corrected chi connectivity index (χ0v) is 19.6. The Kier molecular flexibility index (Phi) is 7.07. The average molecular weight is 448 g/mol. The number of nitrogens with one attached hydrogen (secondary N) is 1. The predicted octanol–water partition coefficient (Wildman–Crippen LogP) is 4.69. The minimum atomic E-state index is -0.0273. The van der Waals surface area contributed by atoms with Gasteiger partial charge in [0.2, 0.25) is 5.91 Å².